The number of aliphatic hydroxyl groups excluding tert-OH is 1. The van der Waals surface area contributed by atoms with Gasteiger partial charge in [0, 0.05) is 16.7 Å². The third kappa shape index (κ3) is 2.72. The number of hydrogen-bond acceptors (Lipinski definition) is 8. The number of ketones is 1. The quantitative estimate of drug-likeness (QED) is 0.610. The minimum atomic E-state index is -0.949. The molecule has 2 heterocycles. The molecule has 2 aliphatic heterocycles. The first-order chi connectivity index (χ1) is 16.2. The van der Waals surface area contributed by atoms with E-state index in [1.54, 1.807) is 12.2 Å². The molecule has 3 saturated carbocycles. The maximum atomic E-state index is 12.4. The van der Waals surface area contributed by atoms with Gasteiger partial charge in [-0.2, -0.15) is 0 Å². The van der Waals surface area contributed by atoms with Crippen molar-refractivity contribution in [1.82, 2.24) is 0 Å². The van der Waals surface area contributed by atoms with Crippen molar-refractivity contribution < 1.29 is 38.4 Å². The first-order valence-electron chi connectivity index (χ1n) is 12.4. The van der Waals surface area contributed by atoms with E-state index in [0.29, 0.717) is 13.0 Å². The monoisotopic (exact) mass is 474 g/mol. The van der Waals surface area contributed by atoms with Crippen LogP contribution in [0.2, 0.25) is 0 Å². The van der Waals surface area contributed by atoms with Gasteiger partial charge in [-0.25, -0.2) is 0 Å². The highest BCUT2D eigenvalue weighted by molar-refractivity contribution is 6.01. The van der Waals surface area contributed by atoms with Gasteiger partial charge in [0.2, 0.25) is 5.79 Å². The second-order valence-electron chi connectivity index (χ2n) is 11.5. The number of aliphatic hydroxyl groups is 1. The average molecular weight is 475 g/mol. The number of hydrogen-bond donors (Lipinski definition) is 1. The van der Waals surface area contributed by atoms with Gasteiger partial charge in [0.1, 0.15) is 12.2 Å². The van der Waals surface area contributed by atoms with E-state index in [1.165, 1.54) is 7.11 Å². The topological polar surface area (TPSA) is 101 Å². The molecule has 6 rings (SSSR count). The second kappa shape index (κ2) is 7.46. The molecule has 186 valence electrons. The summed E-state index contributed by atoms with van der Waals surface area (Å²) in [4.78, 5) is 24.7. The van der Waals surface area contributed by atoms with Crippen LogP contribution in [0.4, 0.5) is 0 Å². The molecule has 6 aliphatic rings. The molecule has 8 nitrogen and oxygen atoms in total. The van der Waals surface area contributed by atoms with Crippen LogP contribution < -0.4 is 0 Å². The van der Waals surface area contributed by atoms with E-state index in [1.807, 2.05) is 6.08 Å². The Morgan fingerprint density at radius 1 is 1.24 bits per heavy atom. The third-order valence-electron chi connectivity index (χ3n) is 10.3. The summed E-state index contributed by atoms with van der Waals surface area (Å²) < 4.78 is 29.2. The summed E-state index contributed by atoms with van der Waals surface area (Å²) >= 11 is 0. The van der Waals surface area contributed by atoms with Gasteiger partial charge in [0.25, 0.3) is 0 Å². The van der Waals surface area contributed by atoms with E-state index < -0.39 is 22.9 Å². The molecule has 4 aliphatic carbocycles. The Morgan fingerprint density at radius 3 is 2.76 bits per heavy atom. The highest BCUT2D eigenvalue weighted by Crippen LogP contribution is 2.71. The van der Waals surface area contributed by atoms with Crippen molar-refractivity contribution in [3.05, 3.63) is 23.8 Å². The number of methoxy groups -OCH3 is 1. The molecule has 1 unspecified atom stereocenters. The lowest BCUT2D eigenvalue weighted by Gasteiger charge is -2.62. The summed E-state index contributed by atoms with van der Waals surface area (Å²) in [5.74, 6) is -1.07. The van der Waals surface area contributed by atoms with Gasteiger partial charge in [0.15, 0.2) is 19.4 Å². The fraction of sp³-hybridized carbons (Fsp3) is 0.769. The summed E-state index contributed by atoms with van der Waals surface area (Å²) in [6.07, 6.45) is 7.86. The van der Waals surface area contributed by atoms with Crippen molar-refractivity contribution >= 4 is 11.8 Å². The van der Waals surface area contributed by atoms with Crippen LogP contribution in [-0.2, 0) is 33.3 Å². The lowest BCUT2D eigenvalue weighted by Crippen LogP contribution is -2.66. The summed E-state index contributed by atoms with van der Waals surface area (Å²) in [5.41, 5.74) is -0.630. The van der Waals surface area contributed by atoms with Crippen LogP contribution in [0.3, 0.4) is 0 Å². The first-order valence-corrected chi connectivity index (χ1v) is 12.4. The van der Waals surface area contributed by atoms with Crippen molar-refractivity contribution in [2.24, 2.45) is 34.5 Å². The average Bonchev–Trinajstić information content (AvgIpc) is 3.49. The van der Waals surface area contributed by atoms with Crippen LogP contribution in [-0.4, -0.2) is 61.7 Å². The molecule has 34 heavy (non-hydrogen) atoms. The van der Waals surface area contributed by atoms with Crippen LogP contribution in [0.15, 0.2) is 23.8 Å². The predicted octanol–water partition coefficient (Wildman–Crippen LogP) is 2.50. The van der Waals surface area contributed by atoms with Crippen LogP contribution in [0, 0.1) is 34.5 Å². The molecule has 0 aromatic carbocycles. The number of ether oxygens (including phenoxy) is 5. The van der Waals surface area contributed by atoms with Gasteiger partial charge < -0.3 is 28.8 Å². The Morgan fingerprint density at radius 2 is 2.03 bits per heavy atom. The van der Waals surface area contributed by atoms with E-state index in [4.69, 9.17) is 23.7 Å². The van der Waals surface area contributed by atoms with Gasteiger partial charge in [-0.05, 0) is 55.6 Å². The third-order valence-corrected chi connectivity index (χ3v) is 10.3. The Bertz CT molecular complexity index is 960. The van der Waals surface area contributed by atoms with Crippen molar-refractivity contribution in [2.45, 2.75) is 63.4 Å². The summed E-state index contributed by atoms with van der Waals surface area (Å²) in [6.45, 7) is 4.97. The molecule has 0 aromatic rings. The molecule has 1 N–H and O–H groups in total. The highest BCUT2D eigenvalue weighted by atomic mass is 16.9. The zero-order valence-electron chi connectivity index (χ0n) is 20.1. The smallest absolute Gasteiger partial charge is 0.306 e. The SMILES string of the molecule is COC(=O)C[C@H]1C[C@@H]2[C@H]([C@@H](O)C[C@@]3(C)[C@H]2CC[C@@]32OCOC23COCO3)[C@@]2(C)C=CC(=O)C=C12. The minimum absolute atomic E-state index is 0.0516. The Kier molecular flexibility index (Phi) is 5.02. The zero-order valence-corrected chi connectivity index (χ0v) is 20.1. The van der Waals surface area contributed by atoms with E-state index in [9.17, 15) is 14.7 Å². The fourth-order valence-electron chi connectivity index (χ4n) is 9.01. The van der Waals surface area contributed by atoms with Gasteiger partial charge in [-0.15, -0.1) is 0 Å². The van der Waals surface area contributed by atoms with Gasteiger partial charge in [0.05, 0.1) is 19.6 Å². The van der Waals surface area contributed by atoms with Crippen molar-refractivity contribution in [1.29, 1.82) is 0 Å². The first kappa shape index (κ1) is 22.9. The Balaban J connectivity index is 1.42. The largest absolute Gasteiger partial charge is 0.469 e. The molecule has 9 atom stereocenters. The number of fused-ring (bicyclic) bond motifs is 7. The fourth-order valence-corrected chi connectivity index (χ4v) is 9.01. The molecule has 2 spiro atoms. The molecular weight excluding hydrogens is 440 g/mol. The van der Waals surface area contributed by atoms with Crippen molar-refractivity contribution in [3.8, 4) is 0 Å². The Labute approximate surface area is 199 Å². The molecule has 8 heteroatoms. The molecule has 0 radical (unpaired) electrons. The number of esters is 1. The zero-order chi connectivity index (χ0) is 23.9. The van der Waals surface area contributed by atoms with E-state index in [2.05, 4.69) is 13.8 Å². The van der Waals surface area contributed by atoms with Gasteiger partial charge >= 0.3 is 5.97 Å². The lowest BCUT2D eigenvalue weighted by molar-refractivity contribution is -0.257. The molecular formula is C26H34O8. The van der Waals surface area contributed by atoms with Crippen LogP contribution in [0.25, 0.3) is 0 Å². The second-order valence-corrected chi connectivity index (χ2v) is 11.5. The molecule has 2 saturated heterocycles. The van der Waals surface area contributed by atoms with Crippen molar-refractivity contribution in [3.63, 3.8) is 0 Å². The summed E-state index contributed by atoms with van der Waals surface area (Å²) in [7, 11) is 1.40. The van der Waals surface area contributed by atoms with Gasteiger partial charge in [-0.1, -0.05) is 25.5 Å². The number of carbonyl (C=O) groups is 2. The standard InChI is InChI=1S/C26H34O8/c1-23-6-4-16(27)10-19(23)15(9-21(29)30-3)8-17-18-5-7-25(24(18,2)11-20(28)22(17)23)26(34-14-32-25)12-31-13-33-26/h4,6,10,15,17-18,20,22,28H,5,7-9,11-14H2,1-3H3/t15-,17+,18+,20+,22-,23+,24+,25-,26?/m1/s1. The maximum Gasteiger partial charge on any atom is 0.306 e. The molecule has 5 fully saturated rings. The van der Waals surface area contributed by atoms with Gasteiger partial charge in [-0.3, -0.25) is 9.59 Å². The Hall–Kier alpha value is -1.58. The minimum Gasteiger partial charge on any atom is -0.469 e. The summed E-state index contributed by atoms with van der Waals surface area (Å²) in [6, 6.07) is 0. The van der Waals surface area contributed by atoms with Crippen LogP contribution in [0.1, 0.15) is 46.0 Å². The van der Waals surface area contributed by atoms with E-state index >= 15 is 0 Å². The van der Waals surface area contributed by atoms with E-state index in [0.717, 1.165) is 24.8 Å². The van der Waals surface area contributed by atoms with Crippen LogP contribution >= 0.6 is 0 Å². The van der Waals surface area contributed by atoms with Crippen molar-refractivity contribution in [2.75, 3.05) is 27.3 Å². The predicted molar refractivity (Wildman–Crippen MR) is 118 cm³/mol. The number of rotatable bonds is 2. The highest BCUT2D eigenvalue weighted by Gasteiger charge is 2.77. The van der Waals surface area contributed by atoms with Crippen LogP contribution in [0.5, 0.6) is 0 Å². The lowest BCUT2D eigenvalue weighted by atomic mass is 9.44. The van der Waals surface area contributed by atoms with E-state index in [-0.39, 0.29) is 60.8 Å². The normalized spacial score (nSPS) is 51.4. The summed E-state index contributed by atoms with van der Waals surface area (Å²) in [5, 5.41) is 11.8. The maximum absolute atomic E-state index is 12.4. The molecule has 0 bridgehead atoms. The molecule has 0 amide bonds. The molecule has 0 aromatic heterocycles. The number of allylic oxidation sites excluding steroid dienone is 4. The number of carbonyl (C=O) groups excluding carboxylic acids is 2.